The van der Waals surface area contributed by atoms with E-state index in [1.807, 2.05) is 0 Å². The van der Waals surface area contributed by atoms with Gasteiger partial charge in [0.15, 0.2) is 0 Å². The lowest BCUT2D eigenvalue weighted by Crippen LogP contribution is -1.88. The van der Waals surface area contributed by atoms with E-state index >= 15 is 0 Å². The molecule has 0 aliphatic heterocycles. The van der Waals surface area contributed by atoms with E-state index in [4.69, 9.17) is 16.2 Å². The molecule has 2 heterocycles. The number of nitrogen functional groups attached to an aromatic ring is 2. The van der Waals surface area contributed by atoms with Crippen molar-refractivity contribution in [3.63, 3.8) is 0 Å². The Labute approximate surface area is 79.1 Å². The van der Waals surface area contributed by atoms with Crippen LogP contribution in [0.5, 0.6) is 5.75 Å². The number of nitrogens with two attached hydrogens (primary N) is 2. The predicted octanol–water partition coefficient (Wildman–Crippen LogP) is 1.47. The molecule has 4 N–H and O–H groups in total. The summed E-state index contributed by atoms with van der Waals surface area (Å²) in [6.45, 7) is 0. The van der Waals surface area contributed by atoms with E-state index in [0.717, 1.165) is 10.8 Å². The minimum atomic E-state index is 0.669. The lowest BCUT2D eigenvalue weighted by molar-refractivity contribution is 0.418. The number of rotatable bonds is 1. The maximum atomic E-state index is 5.78. The van der Waals surface area contributed by atoms with Crippen molar-refractivity contribution >= 4 is 32.1 Å². The fourth-order valence-corrected chi connectivity index (χ4v) is 2.08. The summed E-state index contributed by atoms with van der Waals surface area (Å²) >= 11 is 1.35. The van der Waals surface area contributed by atoms with Crippen LogP contribution >= 0.6 is 11.3 Å². The van der Waals surface area contributed by atoms with E-state index in [1.165, 1.54) is 11.3 Å². The summed E-state index contributed by atoms with van der Waals surface area (Å²) in [5.41, 5.74) is 11.5. The first-order valence-corrected chi connectivity index (χ1v) is 4.51. The second-order valence-corrected chi connectivity index (χ2v) is 3.68. The summed E-state index contributed by atoms with van der Waals surface area (Å²) in [4.78, 5) is 4.00. The number of hydrogen-bond donors (Lipinski definition) is 2. The van der Waals surface area contributed by atoms with E-state index in [2.05, 4.69) is 4.98 Å². The molecular formula is C8H9N3OS. The fourth-order valence-electron chi connectivity index (χ4n) is 1.26. The van der Waals surface area contributed by atoms with Gasteiger partial charge in [-0.3, -0.25) is 4.98 Å². The Balaban J connectivity index is 2.88. The molecule has 2 rings (SSSR count). The van der Waals surface area contributed by atoms with E-state index in [0.29, 0.717) is 15.8 Å². The smallest absolute Gasteiger partial charge is 0.148 e. The zero-order valence-electron chi connectivity index (χ0n) is 7.07. The summed E-state index contributed by atoms with van der Waals surface area (Å²) < 4.78 is 5.13. The first-order valence-electron chi connectivity index (χ1n) is 3.69. The number of ether oxygens (including phenoxy) is 1. The van der Waals surface area contributed by atoms with Crippen LogP contribution in [0.15, 0.2) is 12.4 Å². The highest BCUT2D eigenvalue weighted by Crippen LogP contribution is 2.40. The molecule has 0 radical (unpaired) electrons. The molecule has 0 saturated heterocycles. The van der Waals surface area contributed by atoms with Crippen LogP contribution in [-0.2, 0) is 0 Å². The summed E-state index contributed by atoms with van der Waals surface area (Å²) in [6.07, 6.45) is 3.32. The van der Waals surface area contributed by atoms with Crippen LogP contribution in [0.25, 0.3) is 10.8 Å². The Morgan fingerprint density at radius 3 is 2.77 bits per heavy atom. The van der Waals surface area contributed by atoms with Gasteiger partial charge in [-0.2, -0.15) is 0 Å². The number of anilines is 2. The maximum Gasteiger partial charge on any atom is 0.148 e. The zero-order valence-corrected chi connectivity index (χ0v) is 7.89. The Morgan fingerprint density at radius 1 is 1.31 bits per heavy atom. The number of hydrogen-bond acceptors (Lipinski definition) is 5. The molecule has 0 atom stereocenters. The van der Waals surface area contributed by atoms with Crippen LogP contribution in [0.3, 0.4) is 0 Å². The van der Waals surface area contributed by atoms with Gasteiger partial charge in [-0.15, -0.1) is 11.3 Å². The molecule has 0 amide bonds. The number of aromatic nitrogens is 1. The average Bonchev–Trinajstić information content (AvgIpc) is 2.43. The summed E-state index contributed by atoms with van der Waals surface area (Å²) in [5.74, 6) is 0.669. The van der Waals surface area contributed by atoms with Gasteiger partial charge in [0.25, 0.3) is 0 Å². The molecule has 0 spiro atoms. The lowest BCUT2D eigenvalue weighted by Gasteiger charge is -2.00. The van der Waals surface area contributed by atoms with Crippen molar-refractivity contribution in [2.24, 2.45) is 0 Å². The van der Waals surface area contributed by atoms with Crippen molar-refractivity contribution in [2.75, 3.05) is 18.6 Å². The molecule has 5 heteroatoms. The molecule has 0 aromatic carbocycles. The van der Waals surface area contributed by atoms with E-state index in [-0.39, 0.29) is 0 Å². The number of nitrogens with zero attached hydrogens (tertiary/aromatic N) is 1. The Hall–Kier alpha value is -1.49. The van der Waals surface area contributed by atoms with Crippen LogP contribution in [0.1, 0.15) is 0 Å². The molecule has 0 aliphatic rings. The Morgan fingerprint density at radius 2 is 2.08 bits per heavy atom. The van der Waals surface area contributed by atoms with Gasteiger partial charge in [0.05, 0.1) is 28.7 Å². The number of methoxy groups -OCH3 is 1. The summed E-state index contributed by atoms with van der Waals surface area (Å²) in [6, 6.07) is 0. The first-order chi connectivity index (χ1) is 6.24. The van der Waals surface area contributed by atoms with E-state index in [1.54, 1.807) is 19.5 Å². The Kier molecular flexibility index (Phi) is 1.73. The van der Waals surface area contributed by atoms with Gasteiger partial charge in [0.1, 0.15) is 5.75 Å². The first kappa shape index (κ1) is 8.12. The van der Waals surface area contributed by atoms with Gasteiger partial charge in [0.2, 0.25) is 0 Å². The topological polar surface area (TPSA) is 74.2 Å². The molecule has 2 aromatic heterocycles. The lowest BCUT2D eigenvalue weighted by atomic mass is 10.2. The molecular weight excluding hydrogens is 186 g/mol. The third-order valence-corrected chi connectivity index (χ3v) is 2.73. The fraction of sp³-hybridized carbons (Fsp3) is 0.125. The number of thiophene rings is 1. The number of pyridine rings is 1. The van der Waals surface area contributed by atoms with Crippen molar-refractivity contribution in [3.8, 4) is 5.75 Å². The molecule has 68 valence electrons. The molecule has 0 aliphatic carbocycles. The molecule has 2 aromatic rings. The largest absolute Gasteiger partial charge is 0.494 e. The predicted molar refractivity (Wildman–Crippen MR) is 55.0 cm³/mol. The molecule has 0 saturated carbocycles. The highest BCUT2D eigenvalue weighted by atomic mass is 32.1. The van der Waals surface area contributed by atoms with Gasteiger partial charge >= 0.3 is 0 Å². The minimum absolute atomic E-state index is 0.669. The average molecular weight is 195 g/mol. The maximum absolute atomic E-state index is 5.78. The van der Waals surface area contributed by atoms with Gasteiger partial charge in [-0.25, -0.2) is 0 Å². The third-order valence-electron chi connectivity index (χ3n) is 1.86. The zero-order chi connectivity index (χ0) is 9.42. The SMILES string of the molecule is COc1cncc2c(N)sc(N)c12. The highest BCUT2D eigenvalue weighted by Gasteiger charge is 2.11. The van der Waals surface area contributed by atoms with Crippen molar-refractivity contribution in [2.45, 2.75) is 0 Å². The van der Waals surface area contributed by atoms with E-state index in [9.17, 15) is 0 Å². The van der Waals surface area contributed by atoms with Crippen LogP contribution in [0, 0.1) is 0 Å². The third kappa shape index (κ3) is 1.08. The van der Waals surface area contributed by atoms with E-state index < -0.39 is 0 Å². The normalized spacial score (nSPS) is 10.5. The molecule has 0 fully saturated rings. The van der Waals surface area contributed by atoms with Crippen molar-refractivity contribution in [1.29, 1.82) is 0 Å². The molecule has 4 nitrogen and oxygen atoms in total. The Bertz CT molecular complexity index is 452. The van der Waals surface area contributed by atoms with Gasteiger partial charge in [-0.1, -0.05) is 0 Å². The van der Waals surface area contributed by atoms with Crippen LogP contribution in [-0.4, -0.2) is 12.1 Å². The highest BCUT2D eigenvalue weighted by molar-refractivity contribution is 7.21. The van der Waals surface area contributed by atoms with Crippen LogP contribution in [0.4, 0.5) is 10.0 Å². The monoisotopic (exact) mass is 195 g/mol. The molecule has 13 heavy (non-hydrogen) atoms. The molecule has 0 unspecified atom stereocenters. The standard InChI is InChI=1S/C8H9N3OS/c1-12-5-3-11-2-4-6(5)8(10)13-7(4)9/h2-3H,9-10H2,1H3. The second-order valence-electron chi connectivity index (χ2n) is 2.59. The van der Waals surface area contributed by atoms with Gasteiger partial charge < -0.3 is 16.2 Å². The van der Waals surface area contributed by atoms with Crippen molar-refractivity contribution in [3.05, 3.63) is 12.4 Å². The van der Waals surface area contributed by atoms with Crippen molar-refractivity contribution < 1.29 is 4.74 Å². The minimum Gasteiger partial charge on any atom is -0.494 e. The quantitative estimate of drug-likeness (QED) is 0.722. The van der Waals surface area contributed by atoms with Gasteiger partial charge in [0, 0.05) is 11.6 Å². The van der Waals surface area contributed by atoms with Crippen LogP contribution in [0.2, 0.25) is 0 Å². The summed E-state index contributed by atoms with van der Waals surface area (Å²) in [5, 5.41) is 3.08. The van der Waals surface area contributed by atoms with Crippen molar-refractivity contribution in [1.82, 2.24) is 4.98 Å². The summed E-state index contributed by atoms with van der Waals surface area (Å²) in [7, 11) is 1.59. The van der Waals surface area contributed by atoms with Gasteiger partial charge in [-0.05, 0) is 0 Å². The van der Waals surface area contributed by atoms with Crippen LogP contribution < -0.4 is 16.2 Å². The molecule has 0 bridgehead atoms. The second kappa shape index (κ2) is 2.77. The number of fused-ring (bicyclic) bond motifs is 1.